The molecule has 0 saturated carbocycles. The van der Waals surface area contributed by atoms with Gasteiger partial charge in [-0.1, -0.05) is 23.5 Å². The van der Waals surface area contributed by atoms with Gasteiger partial charge in [-0.25, -0.2) is 4.98 Å². The Hall–Kier alpha value is -1.88. The summed E-state index contributed by atoms with van der Waals surface area (Å²) in [6, 6.07) is 6.83. The van der Waals surface area contributed by atoms with Crippen molar-refractivity contribution >= 4 is 17.2 Å². The molecule has 0 fully saturated rings. The van der Waals surface area contributed by atoms with Crippen LogP contribution >= 0.6 is 11.3 Å². The summed E-state index contributed by atoms with van der Waals surface area (Å²) in [6.07, 6.45) is 1.59. The molecular formula is C10H8N2O2S. The zero-order valence-electron chi connectivity index (χ0n) is 7.71. The topological polar surface area (TPSA) is 65.2 Å². The van der Waals surface area contributed by atoms with Gasteiger partial charge in [0.15, 0.2) is 0 Å². The number of hydrogen-bond donors (Lipinski definition) is 1. The van der Waals surface area contributed by atoms with Gasteiger partial charge in [-0.3, -0.25) is 4.79 Å². The minimum atomic E-state index is -0.505. The van der Waals surface area contributed by atoms with E-state index in [9.17, 15) is 4.79 Å². The third kappa shape index (κ3) is 2.13. The van der Waals surface area contributed by atoms with Crippen molar-refractivity contribution in [3.63, 3.8) is 0 Å². The highest BCUT2D eigenvalue weighted by Gasteiger charge is 2.09. The fourth-order valence-electron chi connectivity index (χ4n) is 1.12. The van der Waals surface area contributed by atoms with Crippen molar-refractivity contribution in [2.75, 3.05) is 0 Å². The van der Waals surface area contributed by atoms with Gasteiger partial charge >= 0.3 is 0 Å². The summed E-state index contributed by atoms with van der Waals surface area (Å²) < 4.78 is 5.47. The second-order valence-electron chi connectivity index (χ2n) is 2.78. The summed E-state index contributed by atoms with van der Waals surface area (Å²) in [4.78, 5) is 15.0. The Morgan fingerprint density at radius 1 is 1.40 bits per heavy atom. The summed E-state index contributed by atoms with van der Waals surface area (Å²) in [5, 5.41) is 0.628. The normalized spacial score (nSPS) is 9.87. The fraction of sp³-hybridized carbons (Fsp3) is 0. The van der Waals surface area contributed by atoms with Crippen LogP contribution in [-0.2, 0) is 0 Å². The Bertz CT molecular complexity index is 468. The van der Waals surface area contributed by atoms with Gasteiger partial charge in [0.25, 0.3) is 5.91 Å². The maximum absolute atomic E-state index is 11.1. The van der Waals surface area contributed by atoms with Crippen molar-refractivity contribution in [1.29, 1.82) is 0 Å². The number of nitrogens with zero attached hydrogens (tertiary/aromatic N) is 1. The molecule has 0 aliphatic heterocycles. The van der Waals surface area contributed by atoms with Crippen molar-refractivity contribution in [3.8, 4) is 10.8 Å². The monoisotopic (exact) mass is 220 g/mol. The van der Waals surface area contributed by atoms with E-state index in [-0.39, 0.29) is 0 Å². The summed E-state index contributed by atoms with van der Waals surface area (Å²) in [5.41, 5.74) is 7.23. The number of thiazole rings is 1. The number of para-hydroxylation sites is 1. The fourth-order valence-corrected chi connectivity index (χ4v) is 1.61. The van der Waals surface area contributed by atoms with E-state index in [0.29, 0.717) is 16.4 Å². The first kappa shape index (κ1) is 9.67. The van der Waals surface area contributed by atoms with Crippen LogP contribution in [0.3, 0.4) is 0 Å². The molecule has 0 saturated heterocycles. The van der Waals surface area contributed by atoms with E-state index >= 15 is 0 Å². The summed E-state index contributed by atoms with van der Waals surface area (Å²) in [5.74, 6) is -0.0515. The molecule has 15 heavy (non-hydrogen) atoms. The van der Waals surface area contributed by atoms with Crippen molar-refractivity contribution < 1.29 is 9.53 Å². The van der Waals surface area contributed by atoms with Gasteiger partial charge in [0, 0.05) is 0 Å². The van der Waals surface area contributed by atoms with Crippen LogP contribution in [0.5, 0.6) is 10.8 Å². The lowest BCUT2D eigenvalue weighted by molar-refractivity contribution is 0.0998. The standard InChI is InChI=1S/C10H8N2O2S/c11-10(13)7-3-1-2-4-8(7)14-9-5-12-6-15-9/h1-6H,(H2,11,13). The number of nitrogens with two attached hydrogens (primary N) is 1. The number of aromatic nitrogens is 1. The predicted octanol–water partition coefficient (Wildman–Crippen LogP) is 2.03. The third-order valence-electron chi connectivity index (χ3n) is 1.77. The molecule has 0 radical (unpaired) electrons. The molecule has 0 atom stereocenters. The number of hydrogen-bond acceptors (Lipinski definition) is 4. The molecule has 2 rings (SSSR count). The number of primary amides is 1. The van der Waals surface area contributed by atoms with Crippen LogP contribution < -0.4 is 10.5 Å². The van der Waals surface area contributed by atoms with Crippen LogP contribution in [0.4, 0.5) is 0 Å². The number of rotatable bonds is 3. The first-order chi connectivity index (χ1) is 7.27. The number of ether oxygens (including phenoxy) is 1. The van der Waals surface area contributed by atoms with Crippen molar-refractivity contribution in [1.82, 2.24) is 4.98 Å². The number of carbonyl (C=O) groups excluding carboxylic acids is 1. The van der Waals surface area contributed by atoms with E-state index in [2.05, 4.69) is 4.98 Å². The lowest BCUT2D eigenvalue weighted by Gasteiger charge is -2.05. The van der Waals surface area contributed by atoms with Crippen molar-refractivity contribution in [2.24, 2.45) is 5.73 Å². The molecule has 1 aromatic heterocycles. The van der Waals surface area contributed by atoms with Crippen molar-refractivity contribution in [3.05, 3.63) is 41.5 Å². The van der Waals surface area contributed by atoms with Crippen LogP contribution in [0.1, 0.15) is 10.4 Å². The van der Waals surface area contributed by atoms with Gasteiger partial charge < -0.3 is 10.5 Å². The highest BCUT2D eigenvalue weighted by molar-refractivity contribution is 7.11. The maximum Gasteiger partial charge on any atom is 0.252 e. The molecule has 2 aromatic rings. The molecule has 1 heterocycles. The summed E-state index contributed by atoms with van der Waals surface area (Å²) in [7, 11) is 0. The minimum absolute atomic E-state index is 0.367. The molecule has 2 N–H and O–H groups in total. The molecular weight excluding hydrogens is 212 g/mol. The molecule has 0 unspecified atom stereocenters. The first-order valence-corrected chi connectivity index (χ1v) is 5.10. The smallest absolute Gasteiger partial charge is 0.252 e. The van der Waals surface area contributed by atoms with E-state index in [0.717, 1.165) is 0 Å². The van der Waals surface area contributed by atoms with E-state index in [4.69, 9.17) is 10.5 Å². The lowest BCUT2D eigenvalue weighted by atomic mass is 10.2. The Balaban J connectivity index is 2.32. The van der Waals surface area contributed by atoms with Gasteiger partial charge in [0.2, 0.25) is 5.06 Å². The number of amides is 1. The average Bonchev–Trinajstić information content (AvgIpc) is 2.71. The molecule has 0 aliphatic rings. The van der Waals surface area contributed by atoms with Crippen LogP contribution in [0.15, 0.2) is 36.0 Å². The number of carbonyl (C=O) groups is 1. The summed E-state index contributed by atoms with van der Waals surface area (Å²) >= 11 is 1.35. The van der Waals surface area contributed by atoms with Gasteiger partial charge in [-0.15, -0.1) is 0 Å². The Morgan fingerprint density at radius 2 is 2.20 bits per heavy atom. The highest BCUT2D eigenvalue weighted by atomic mass is 32.1. The molecule has 0 aliphatic carbocycles. The second-order valence-corrected chi connectivity index (χ2v) is 3.63. The summed E-state index contributed by atoms with van der Waals surface area (Å²) in [6.45, 7) is 0. The Kier molecular flexibility index (Phi) is 2.64. The van der Waals surface area contributed by atoms with Gasteiger partial charge in [0.1, 0.15) is 5.75 Å². The first-order valence-electron chi connectivity index (χ1n) is 4.22. The predicted molar refractivity (Wildman–Crippen MR) is 57.1 cm³/mol. The van der Waals surface area contributed by atoms with Crippen LogP contribution in [-0.4, -0.2) is 10.9 Å². The second kappa shape index (κ2) is 4.10. The average molecular weight is 220 g/mol. The largest absolute Gasteiger partial charge is 0.444 e. The SMILES string of the molecule is NC(=O)c1ccccc1Oc1cncs1. The van der Waals surface area contributed by atoms with Gasteiger partial charge in [-0.2, -0.15) is 0 Å². The quantitative estimate of drug-likeness (QED) is 0.860. The third-order valence-corrected chi connectivity index (χ3v) is 2.42. The van der Waals surface area contributed by atoms with E-state index in [1.165, 1.54) is 11.3 Å². The van der Waals surface area contributed by atoms with Crippen LogP contribution in [0.25, 0.3) is 0 Å². The molecule has 5 heteroatoms. The highest BCUT2D eigenvalue weighted by Crippen LogP contribution is 2.27. The molecule has 4 nitrogen and oxygen atoms in total. The molecule has 1 aromatic carbocycles. The Labute approximate surface area is 90.3 Å². The van der Waals surface area contributed by atoms with Gasteiger partial charge in [-0.05, 0) is 12.1 Å². The van der Waals surface area contributed by atoms with E-state index < -0.39 is 5.91 Å². The molecule has 76 valence electrons. The van der Waals surface area contributed by atoms with E-state index in [1.54, 1.807) is 36.0 Å². The zero-order chi connectivity index (χ0) is 10.7. The Morgan fingerprint density at radius 3 is 2.87 bits per heavy atom. The van der Waals surface area contributed by atoms with Crippen LogP contribution in [0.2, 0.25) is 0 Å². The number of benzene rings is 1. The maximum atomic E-state index is 11.1. The lowest BCUT2D eigenvalue weighted by Crippen LogP contribution is -2.11. The van der Waals surface area contributed by atoms with E-state index in [1.807, 2.05) is 0 Å². The van der Waals surface area contributed by atoms with Gasteiger partial charge in [0.05, 0.1) is 17.3 Å². The zero-order valence-corrected chi connectivity index (χ0v) is 8.53. The van der Waals surface area contributed by atoms with Crippen LogP contribution in [0, 0.1) is 0 Å². The molecule has 1 amide bonds. The molecule has 0 bridgehead atoms. The van der Waals surface area contributed by atoms with Crippen molar-refractivity contribution in [2.45, 2.75) is 0 Å². The molecule has 0 spiro atoms. The minimum Gasteiger partial charge on any atom is -0.444 e.